The number of hydrogen-bond acceptors (Lipinski definition) is 5. The second-order valence-electron chi connectivity index (χ2n) is 6.00. The van der Waals surface area contributed by atoms with Crippen LogP contribution < -0.4 is 5.32 Å². The maximum Gasteiger partial charge on any atom is 0.257 e. The number of anilines is 2. The molecule has 1 fully saturated rings. The number of carbonyl (C=O) groups is 1. The molecule has 0 saturated carbocycles. The van der Waals surface area contributed by atoms with E-state index in [4.69, 9.17) is 0 Å². The van der Waals surface area contributed by atoms with Crippen molar-refractivity contribution in [2.75, 3.05) is 30.4 Å². The van der Waals surface area contributed by atoms with Gasteiger partial charge < -0.3 is 10.2 Å². The molecule has 2 heterocycles. The zero-order chi connectivity index (χ0) is 16.8. The molecule has 2 aromatic rings. The Hall–Kier alpha value is -2.08. The summed E-state index contributed by atoms with van der Waals surface area (Å²) < 4.78 is 0. The summed E-state index contributed by atoms with van der Waals surface area (Å²) >= 11 is 1.85. The van der Waals surface area contributed by atoms with E-state index in [1.165, 1.54) is 6.42 Å². The van der Waals surface area contributed by atoms with Gasteiger partial charge in [0.25, 0.3) is 5.91 Å². The van der Waals surface area contributed by atoms with Crippen molar-refractivity contribution >= 4 is 29.3 Å². The molecule has 1 aromatic carbocycles. The van der Waals surface area contributed by atoms with Gasteiger partial charge in [0, 0.05) is 31.2 Å². The van der Waals surface area contributed by atoms with Gasteiger partial charge in [-0.15, -0.1) is 0 Å². The Kier molecular flexibility index (Phi) is 5.69. The van der Waals surface area contributed by atoms with Crippen LogP contribution in [-0.2, 0) is 0 Å². The molecule has 6 heteroatoms. The van der Waals surface area contributed by atoms with E-state index in [9.17, 15) is 4.79 Å². The molecule has 24 heavy (non-hydrogen) atoms. The molecular formula is C18H22N4OS. The highest BCUT2D eigenvalue weighted by atomic mass is 32.2. The van der Waals surface area contributed by atoms with E-state index in [-0.39, 0.29) is 5.91 Å². The third-order valence-electron chi connectivity index (χ3n) is 4.14. The van der Waals surface area contributed by atoms with E-state index in [1.807, 2.05) is 47.0 Å². The molecule has 1 saturated heterocycles. The first-order valence-corrected chi connectivity index (χ1v) is 9.58. The predicted molar refractivity (Wildman–Crippen MR) is 98.8 cm³/mol. The molecule has 3 rings (SSSR count). The number of para-hydroxylation sites is 1. The summed E-state index contributed by atoms with van der Waals surface area (Å²) in [4.78, 5) is 23.1. The number of amides is 1. The molecule has 5 nitrogen and oxygen atoms in total. The largest absolute Gasteiger partial charge is 0.338 e. The van der Waals surface area contributed by atoms with Crippen molar-refractivity contribution in [1.29, 1.82) is 0 Å². The Bertz CT molecular complexity index is 660. The normalized spacial score (nSPS) is 17.5. The van der Waals surface area contributed by atoms with Gasteiger partial charge in [0.15, 0.2) is 0 Å². The van der Waals surface area contributed by atoms with Crippen LogP contribution in [-0.4, -0.2) is 45.9 Å². The summed E-state index contributed by atoms with van der Waals surface area (Å²) in [6, 6.07) is 9.74. The minimum absolute atomic E-state index is 0.0343. The number of hydrogen-bond donors (Lipinski definition) is 1. The lowest BCUT2D eigenvalue weighted by Crippen LogP contribution is -2.40. The number of aromatic nitrogens is 2. The van der Waals surface area contributed by atoms with Crippen LogP contribution in [0, 0.1) is 5.92 Å². The van der Waals surface area contributed by atoms with Gasteiger partial charge in [0.2, 0.25) is 5.95 Å². The van der Waals surface area contributed by atoms with Gasteiger partial charge in [-0.3, -0.25) is 4.79 Å². The van der Waals surface area contributed by atoms with Gasteiger partial charge in [-0.1, -0.05) is 18.2 Å². The van der Waals surface area contributed by atoms with Crippen molar-refractivity contribution in [1.82, 2.24) is 14.9 Å². The monoisotopic (exact) mass is 342 g/mol. The minimum Gasteiger partial charge on any atom is -0.338 e. The van der Waals surface area contributed by atoms with Crippen molar-refractivity contribution in [2.45, 2.75) is 12.8 Å². The molecule has 0 radical (unpaired) electrons. The molecule has 0 aliphatic carbocycles. The van der Waals surface area contributed by atoms with Gasteiger partial charge in [-0.05, 0) is 42.9 Å². The number of nitrogens with zero attached hydrogens (tertiary/aromatic N) is 3. The molecule has 1 N–H and O–H groups in total. The summed E-state index contributed by atoms with van der Waals surface area (Å²) in [7, 11) is 0. The van der Waals surface area contributed by atoms with Crippen molar-refractivity contribution in [2.24, 2.45) is 5.92 Å². The number of thioether (sulfide) groups is 1. The zero-order valence-corrected chi connectivity index (χ0v) is 14.6. The minimum atomic E-state index is 0.0343. The Balaban J connectivity index is 1.63. The van der Waals surface area contributed by atoms with E-state index in [0.717, 1.165) is 31.0 Å². The Morgan fingerprint density at radius 2 is 2.04 bits per heavy atom. The van der Waals surface area contributed by atoms with E-state index >= 15 is 0 Å². The molecule has 0 unspecified atom stereocenters. The smallest absolute Gasteiger partial charge is 0.257 e. The Morgan fingerprint density at radius 1 is 1.29 bits per heavy atom. The van der Waals surface area contributed by atoms with Gasteiger partial charge in [0.1, 0.15) is 0 Å². The third kappa shape index (κ3) is 4.26. The highest BCUT2D eigenvalue weighted by Gasteiger charge is 2.24. The van der Waals surface area contributed by atoms with E-state index in [1.54, 1.807) is 12.4 Å². The third-order valence-corrected chi connectivity index (χ3v) is 4.94. The number of piperidine rings is 1. The van der Waals surface area contributed by atoms with Crippen LogP contribution in [0.1, 0.15) is 23.2 Å². The van der Waals surface area contributed by atoms with Crippen LogP contribution in [0.15, 0.2) is 42.7 Å². The number of likely N-dealkylation sites (tertiary alicyclic amines) is 1. The highest BCUT2D eigenvalue weighted by molar-refractivity contribution is 7.98. The summed E-state index contributed by atoms with van der Waals surface area (Å²) in [5.74, 6) is 2.24. The summed E-state index contributed by atoms with van der Waals surface area (Å²) in [5, 5.41) is 3.12. The maximum absolute atomic E-state index is 12.6. The number of rotatable bonds is 5. The fraction of sp³-hybridized carbons (Fsp3) is 0.389. The van der Waals surface area contributed by atoms with Gasteiger partial charge in [0.05, 0.1) is 5.56 Å². The van der Waals surface area contributed by atoms with Crippen LogP contribution in [0.5, 0.6) is 0 Å². The summed E-state index contributed by atoms with van der Waals surface area (Å²) in [5.41, 5.74) is 1.48. The summed E-state index contributed by atoms with van der Waals surface area (Å²) in [6.07, 6.45) is 7.62. The fourth-order valence-corrected chi connectivity index (χ4v) is 3.70. The molecule has 1 atom stereocenters. The molecule has 1 aliphatic rings. The van der Waals surface area contributed by atoms with Crippen molar-refractivity contribution in [3.8, 4) is 0 Å². The Morgan fingerprint density at radius 3 is 2.75 bits per heavy atom. The first-order chi connectivity index (χ1) is 11.8. The second-order valence-corrected chi connectivity index (χ2v) is 6.91. The standard InChI is InChI=1S/C18H22N4OS/c1-24-13-14-6-5-9-22(12-14)17(23)15-10-19-18(20-11-15)21-16-7-3-2-4-8-16/h2-4,7-8,10-11,14H,5-6,9,12-13H2,1H3,(H,19,20,21)/t14-/m0/s1. The highest BCUT2D eigenvalue weighted by Crippen LogP contribution is 2.21. The second kappa shape index (κ2) is 8.15. The lowest BCUT2D eigenvalue weighted by atomic mass is 9.99. The SMILES string of the molecule is CSC[C@H]1CCCN(C(=O)c2cnc(Nc3ccccc3)nc2)C1. The molecular weight excluding hydrogens is 320 g/mol. The lowest BCUT2D eigenvalue weighted by molar-refractivity contribution is 0.0684. The van der Waals surface area contributed by atoms with Crippen molar-refractivity contribution in [3.05, 3.63) is 48.3 Å². The summed E-state index contributed by atoms with van der Waals surface area (Å²) in [6.45, 7) is 1.66. The first-order valence-electron chi connectivity index (χ1n) is 8.18. The van der Waals surface area contributed by atoms with Gasteiger partial charge >= 0.3 is 0 Å². The number of carbonyl (C=O) groups excluding carboxylic acids is 1. The van der Waals surface area contributed by atoms with E-state index in [2.05, 4.69) is 21.5 Å². The predicted octanol–water partition coefficient (Wildman–Crippen LogP) is 3.44. The molecule has 0 bridgehead atoms. The number of nitrogens with one attached hydrogen (secondary N) is 1. The van der Waals surface area contributed by atoms with Crippen LogP contribution in [0.25, 0.3) is 0 Å². The number of benzene rings is 1. The molecule has 1 amide bonds. The zero-order valence-electron chi connectivity index (χ0n) is 13.8. The molecule has 126 valence electrons. The van der Waals surface area contributed by atoms with E-state index < -0.39 is 0 Å². The maximum atomic E-state index is 12.6. The van der Waals surface area contributed by atoms with Crippen LogP contribution in [0.3, 0.4) is 0 Å². The van der Waals surface area contributed by atoms with Crippen LogP contribution in [0.2, 0.25) is 0 Å². The molecule has 1 aliphatic heterocycles. The van der Waals surface area contributed by atoms with Crippen molar-refractivity contribution in [3.63, 3.8) is 0 Å². The van der Waals surface area contributed by atoms with Crippen molar-refractivity contribution < 1.29 is 4.79 Å². The van der Waals surface area contributed by atoms with Crippen LogP contribution in [0.4, 0.5) is 11.6 Å². The topological polar surface area (TPSA) is 58.1 Å². The average Bonchev–Trinajstić information content (AvgIpc) is 2.63. The molecule has 1 aromatic heterocycles. The Labute approximate surface area is 146 Å². The van der Waals surface area contributed by atoms with Crippen LogP contribution >= 0.6 is 11.8 Å². The van der Waals surface area contributed by atoms with Gasteiger partial charge in [-0.2, -0.15) is 11.8 Å². The first kappa shape index (κ1) is 16.8. The quantitative estimate of drug-likeness (QED) is 0.902. The molecule has 0 spiro atoms. The average molecular weight is 342 g/mol. The lowest BCUT2D eigenvalue weighted by Gasteiger charge is -2.32. The van der Waals surface area contributed by atoms with E-state index in [0.29, 0.717) is 17.4 Å². The fourth-order valence-electron chi connectivity index (χ4n) is 2.96. The van der Waals surface area contributed by atoms with Gasteiger partial charge in [-0.25, -0.2) is 9.97 Å².